The second kappa shape index (κ2) is 8.03. The Labute approximate surface area is 107 Å². The lowest BCUT2D eigenvalue weighted by molar-refractivity contribution is 0.145. The maximum Gasteiger partial charge on any atom is 0.166 e. The van der Waals surface area contributed by atoms with Gasteiger partial charge in [-0.05, 0) is 32.5 Å². The smallest absolute Gasteiger partial charge is 0.166 e. The molecule has 0 bridgehead atoms. The maximum absolute atomic E-state index is 5.22. The highest BCUT2D eigenvalue weighted by Crippen LogP contribution is 2.00. The van der Waals surface area contributed by atoms with E-state index in [1.807, 2.05) is 19.9 Å². The molecule has 0 spiro atoms. The molecule has 0 saturated heterocycles. The predicted molar refractivity (Wildman–Crippen MR) is 69.8 cm³/mol. The predicted octanol–water partition coefficient (Wildman–Crippen LogP) is 1.37. The van der Waals surface area contributed by atoms with E-state index in [-0.39, 0.29) is 0 Å². The number of hydrogen-bond donors (Lipinski definition) is 2. The highest BCUT2D eigenvalue weighted by Gasteiger charge is 2.00. The molecule has 96 valence electrons. The average molecular weight is 257 g/mol. The fraction of sp³-hybridized carbons (Fsp3) is 0.636. The summed E-state index contributed by atoms with van der Waals surface area (Å²) in [4.78, 5) is 0. The number of ether oxygens (including phenoxy) is 1. The van der Waals surface area contributed by atoms with E-state index in [1.54, 1.807) is 0 Å². The van der Waals surface area contributed by atoms with Crippen LogP contribution in [-0.2, 0) is 11.3 Å². The summed E-state index contributed by atoms with van der Waals surface area (Å²) >= 11 is 5.12. The van der Waals surface area contributed by atoms with Gasteiger partial charge in [-0.25, -0.2) is 0 Å². The molecular weight excluding hydrogens is 238 g/mol. The van der Waals surface area contributed by atoms with Gasteiger partial charge in [0.15, 0.2) is 5.11 Å². The lowest BCUT2D eigenvalue weighted by atomic mass is 10.4. The van der Waals surface area contributed by atoms with Crippen molar-refractivity contribution in [1.82, 2.24) is 15.8 Å². The molecule has 0 aliphatic carbocycles. The van der Waals surface area contributed by atoms with Crippen molar-refractivity contribution in [1.29, 1.82) is 0 Å². The first kappa shape index (κ1) is 13.9. The van der Waals surface area contributed by atoms with Crippen LogP contribution in [0.5, 0.6) is 0 Å². The van der Waals surface area contributed by atoms with Crippen molar-refractivity contribution in [3.8, 4) is 0 Å². The molecule has 0 radical (unpaired) electrons. The largest absolute Gasteiger partial charge is 0.382 e. The molecule has 5 nitrogen and oxygen atoms in total. The molecule has 1 aromatic rings. The summed E-state index contributed by atoms with van der Waals surface area (Å²) in [6, 6.07) is 1.88. The zero-order valence-corrected chi connectivity index (χ0v) is 11.1. The van der Waals surface area contributed by atoms with Gasteiger partial charge >= 0.3 is 0 Å². The van der Waals surface area contributed by atoms with Gasteiger partial charge in [0.05, 0.1) is 6.54 Å². The highest BCUT2D eigenvalue weighted by atomic mass is 32.1. The third-order valence-corrected chi connectivity index (χ3v) is 2.35. The highest BCUT2D eigenvalue weighted by molar-refractivity contribution is 7.80. The van der Waals surface area contributed by atoms with E-state index in [2.05, 4.69) is 15.8 Å². The van der Waals surface area contributed by atoms with Crippen molar-refractivity contribution in [3.63, 3.8) is 0 Å². The van der Waals surface area contributed by atoms with Gasteiger partial charge in [-0.1, -0.05) is 5.16 Å². The van der Waals surface area contributed by atoms with E-state index in [0.29, 0.717) is 11.7 Å². The summed E-state index contributed by atoms with van der Waals surface area (Å²) in [5.41, 5.74) is 0.848. The molecule has 1 aromatic heterocycles. The molecule has 0 atom stereocenters. The molecule has 1 heterocycles. The van der Waals surface area contributed by atoms with Gasteiger partial charge in [0.1, 0.15) is 11.5 Å². The molecule has 0 aliphatic heterocycles. The zero-order valence-electron chi connectivity index (χ0n) is 10.3. The van der Waals surface area contributed by atoms with Crippen molar-refractivity contribution in [3.05, 3.63) is 17.5 Å². The van der Waals surface area contributed by atoms with Crippen LogP contribution in [0.4, 0.5) is 0 Å². The standard InChI is InChI=1S/C11H19N3O2S/c1-3-15-6-4-5-12-11(17)13-8-10-7-9(2)16-14-10/h7H,3-6,8H2,1-2H3,(H2,12,13,17). The topological polar surface area (TPSA) is 59.3 Å². The van der Waals surface area contributed by atoms with E-state index >= 15 is 0 Å². The first-order valence-corrected chi connectivity index (χ1v) is 6.15. The minimum Gasteiger partial charge on any atom is -0.382 e. The summed E-state index contributed by atoms with van der Waals surface area (Å²) < 4.78 is 10.2. The van der Waals surface area contributed by atoms with Gasteiger partial charge in [0.25, 0.3) is 0 Å². The van der Waals surface area contributed by atoms with Crippen LogP contribution in [-0.4, -0.2) is 30.0 Å². The van der Waals surface area contributed by atoms with E-state index in [1.165, 1.54) is 0 Å². The Morgan fingerprint density at radius 1 is 1.53 bits per heavy atom. The lowest BCUT2D eigenvalue weighted by Crippen LogP contribution is -2.35. The van der Waals surface area contributed by atoms with Crippen LogP contribution < -0.4 is 10.6 Å². The number of aromatic nitrogens is 1. The van der Waals surface area contributed by atoms with Crippen LogP contribution in [0.2, 0.25) is 0 Å². The molecule has 0 amide bonds. The molecular formula is C11H19N3O2S. The van der Waals surface area contributed by atoms with Crippen LogP contribution in [0.1, 0.15) is 24.8 Å². The molecule has 6 heteroatoms. The van der Waals surface area contributed by atoms with Gasteiger partial charge in [0, 0.05) is 25.8 Å². The van der Waals surface area contributed by atoms with Gasteiger partial charge in [0.2, 0.25) is 0 Å². The van der Waals surface area contributed by atoms with Crippen molar-refractivity contribution < 1.29 is 9.26 Å². The van der Waals surface area contributed by atoms with E-state index in [9.17, 15) is 0 Å². The molecule has 17 heavy (non-hydrogen) atoms. The quantitative estimate of drug-likeness (QED) is 0.568. The Hall–Kier alpha value is -1.14. The number of thiocarbonyl (C=S) groups is 1. The normalized spacial score (nSPS) is 10.2. The Kier molecular flexibility index (Phi) is 6.57. The Balaban J connectivity index is 2.05. The van der Waals surface area contributed by atoms with Crippen molar-refractivity contribution in [2.24, 2.45) is 0 Å². The molecule has 0 unspecified atom stereocenters. The number of aryl methyl sites for hydroxylation is 1. The SMILES string of the molecule is CCOCCCNC(=S)NCc1cc(C)on1. The average Bonchev–Trinajstić information content (AvgIpc) is 2.72. The van der Waals surface area contributed by atoms with Crippen molar-refractivity contribution >= 4 is 17.3 Å². The van der Waals surface area contributed by atoms with Gasteiger partial charge in [-0.3, -0.25) is 0 Å². The second-order valence-electron chi connectivity index (χ2n) is 3.59. The first-order chi connectivity index (χ1) is 8.22. The summed E-state index contributed by atoms with van der Waals surface area (Å²) in [5.74, 6) is 0.803. The Morgan fingerprint density at radius 3 is 3.00 bits per heavy atom. The zero-order chi connectivity index (χ0) is 12.5. The molecule has 1 rings (SSSR count). The second-order valence-corrected chi connectivity index (χ2v) is 4.00. The third kappa shape index (κ3) is 6.23. The fourth-order valence-electron chi connectivity index (χ4n) is 1.26. The minimum absolute atomic E-state index is 0.578. The fourth-order valence-corrected chi connectivity index (χ4v) is 1.43. The summed E-state index contributed by atoms with van der Waals surface area (Å²) in [7, 11) is 0. The monoisotopic (exact) mass is 257 g/mol. The van der Waals surface area contributed by atoms with Crippen LogP contribution in [0.3, 0.4) is 0 Å². The van der Waals surface area contributed by atoms with Crippen LogP contribution in [0.15, 0.2) is 10.6 Å². The van der Waals surface area contributed by atoms with Crippen LogP contribution in [0.25, 0.3) is 0 Å². The van der Waals surface area contributed by atoms with Crippen LogP contribution >= 0.6 is 12.2 Å². The third-order valence-electron chi connectivity index (χ3n) is 2.06. The van der Waals surface area contributed by atoms with Crippen molar-refractivity contribution in [2.45, 2.75) is 26.8 Å². The summed E-state index contributed by atoms with van der Waals surface area (Å²) in [5, 5.41) is 10.7. The van der Waals surface area contributed by atoms with Gasteiger partial charge in [-0.15, -0.1) is 0 Å². The van der Waals surface area contributed by atoms with E-state index in [4.69, 9.17) is 21.5 Å². The van der Waals surface area contributed by atoms with E-state index in [0.717, 1.165) is 37.6 Å². The lowest BCUT2D eigenvalue weighted by Gasteiger charge is -2.08. The molecule has 2 N–H and O–H groups in total. The number of hydrogen-bond acceptors (Lipinski definition) is 4. The summed E-state index contributed by atoms with van der Waals surface area (Å²) in [6.07, 6.45) is 0.943. The minimum atomic E-state index is 0.578. The first-order valence-electron chi connectivity index (χ1n) is 5.74. The number of nitrogens with zero attached hydrogens (tertiary/aromatic N) is 1. The van der Waals surface area contributed by atoms with Gasteiger partial charge in [-0.2, -0.15) is 0 Å². The maximum atomic E-state index is 5.22. The van der Waals surface area contributed by atoms with Crippen molar-refractivity contribution in [2.75, 3.05) is 19.8 Å². The molecule has 0 aromatic carbocycles. The van der Waals surface area contributed by atoms with Gasteiger partial charge < -0.3 is 19.9 Å². The number of nitrogens with one attached hydrogen (secondary N) is 2. The molecule has 0 fully saturated rings. The molecule has 0 aliphatic rings. The Bertz CT molecular complexity index is 341. The molecule has 0 saturated carbocycles. The Morgan fingerprint density at radius 2 is 2.35 bits per heavy atom. The number of rotatable bonds is 7. The summed E-state index contributed by atoms with van der Waals surface area (Å²) in [6.45, 7) is 6.75. The van der Waals surface area contributed by atoms with Crippen LogP contribution in [0, 0.1) is 6.92 Å². The van der Waals surface area contributed by atoms with E-state index < -0.39 is 0 Å².